The summed E-state index contributed by atoms with van der Waals surface area (Å²) in [6.07, 6.45) is -0.0622. The fourth-order valence-electron chi connectivity index (χ4n) is 1.31. The van der Waals surface area contributed by atoms with Gasteiger partial charge in [-0.2, -0.15) is 0 Å². The SMILES string of the molecule is CC(CC(=O)O)Nc1ccc([N+](=O)[O-])cc1Cl. The molecule has 0 radical (unpaired) electrons. The van der Waals surface area contributed by atoms with Crippen LogP contribution >= 0.6 is 11.6 Å². The Bertz CT molecular complexity index is 450. The van der Waals surface area contributed by atoms with E-state index in [0.717, 1.165) is 0 Å². The molecule has 0 aromatic heterocycles. The number of carboxylic acid groups (broad SMARTS) is 1. The van der Waals surface area contributed by atoms with Crippen molar-refractivity contribution >= 4 is 28.9 Å². The third-order valence-electron chi connectivity index (χ3n) is 2.05. The first kappa shape index (κ1) is 13.2. The maximum Gasteiger partial charge on any atom is 0.305 e. The van der Waals surface area contributed by atoms with Crippen LogP contribution in [0.2, 0.25) is 5.02 Å². The largest absolute Gasteiger partial charge is 0.481 e. The molecule has 1 atom stereocenters. The molecule has 0 amide bonds. The zero-order valence-electron chi connectivity index (χ0n) is 9.01. The molecule has 0 saturated carbocycles. The average molecular weight is 259 g/mol. The van der Waals surface area contributed by atoms with Crippen molar-refractivity contribution in [1.82, 2.24) is 0 Å². The highest BCUT2D eigenvalue weighted by Crippen LogP contribution is 2.27. The maximum atomic E-state index is 10.5. The molecule has 92 valence electrons. The smallest absolute Gasteiger partial charge is 0.305 e. The van der Waals surface area contributed by atoms with Crippen LogP contribution < -0.4 is 5.32 Å². The Labute approximate surface area is 102 Å². The van der Waals surface area contributed by atoms with Crippen molar-refractivity contribution in [3.63, 3.8) is 0 Å². The van der Waals surface area contributed by atoms with Gasteiger partial charge >= 0.3 is 5.97 Å². The predicted molar refractivity (Wildman–Crippen MR) is 63.4 cm³/mol. The number of nitro benzene ring substituents is 1. The third-order valence-corrected chi connectivity index (χ3v) is 2.36. The number of carbonyl (C=O) groups is 1. The van der Waals surface area contributed by atoms with Crippen molar-refractivity contribution in [2.75, 3.05) is 5.32 Å². The van der Waals surface area contributed by atoms with E-state index in [-0.39, 0.29) is 23.2 Å². The second-order valence-corrected chi connectivity index (χ2v) is 3.97. The predicted octanol–water partition coefficient (Wildman–Crippen LogP) is 2.52. The molecule has 0 aliphatic heterocycles. The molecule has 17 heavy (non-hydrogen) atoms. The number of rotatable bonds is 5. The number of anilines is 1. The van der Waals surface area contributed by atoms with Crippen molar-refractivity contribution in [2.24, 2.45) is 0 Å². The lowest BCUT2D eigenvalue weighted by molar-refractivity contribution is -0.384. The molecule has 2 N–H and O–H groups in total. The van der Waals surface area contributed by atoms with Gasteiger partial charge in [-0.25, -0.2) is 0 Å². The summed E-state index contributed by atoms with van der Waals surface area (Å²) in [7, 11) is 0. The van der Waals surface area contributed by atoms with Crippen molar-refractivity contribution < 1.29 is 14.8 Å². The van der Waals surface area contributed by atoms with Crippen LogP contribution in [0.1, 0.15) is 13.3 Å². The van der Waals surface area contributed by atoms with Gasteiger partial charge in [-0.15, -0.1) is 0 Å². The quantitative estimate of drug-likeness (QED) is 0.625. The first-order valence-corrected chi connectivity index (χ1v) is 5.20. The molecule has 1 aromatic rings. The first-order chi connectivity index (χ1) is 7.90. The molecule has 1 aromatic carbocycles. The lowest BCUT2D eigenvalue weighted by atomic mass is 10.2. The van der Waals surface area contributed by atoms with Crippen LogP contribution in [-0.4, -0.2) is 22.0 Å². The number of benzene rings is 1. The minimum atomic E-state index is -0.928. The van der Waals surface area contributed by atoms with Crippen LogP contribution in [0.3, 0.4) is 0 Å². The first-order valence-electron chi connectivity index (χ1n) is 4.82. The molecular formula is C10H11ClN2O4. The lowest BCUT2D eigenvalue weighted by Crippen LogP contribution is -2.19. The minimum Gasteiger partial charge on any atom is -0.481 e. The molecule has 1 rings (SSSR count). The molecule has 0 bridgehead atoms. The number of nitro groups is 1. The van der Waals surface area contributed by atoms with Crippen LogP contribution in [0.4, 0.5) is 11.4 Å². The summed E-state index contributed by atoms with van der Waals surface area (Å²) in [5, 5.41) is 22.1. The van der Waals surface area contributed by atoms with Gasteiger partial charge < -0.3 is 10.4 Å². The van der Waals surface area contributed by atoms with Crippen molar-refractivity contribution in [1.29, 1.82) is 0 Å². The molecular weight excluding hydrogens is 248 g/mol. The number of carboxylic acids is 1. The zero-order chi connectivity index (χ0) is 13.0. The van der Waals surface area contributed by atoms with Gasteiger partial charge in [-0.1, -0.05) is 11.6 Å². The standard InChI is InChI=1S/C10H11ClN2O4/c1-6(4-10(14)15)12-9-3-2-7(13(16)17)5-8(9)11/h2-3,5-6,12H,4H2,1H3,(H,14,15). The topological polar surface area (TPSA) is 92.5 Å². The number of hydrogen-bond acceptors (Lipinski definition) is 4. The van der Waals surface area contributed by atoms with Crippen molar-refractivity contribution in [3.05, 3.63) is 33.3 Å². The van der Waals surface area contributed by atoms with Crippen molar-refractivity contribution in [2.45, 2.75) is 19.4 Å². The zero-order valence-corrected chi connectivity index (χ0v) is 9.77. The second-order valence-electron chi connectivity index (χ2n) is 3.56. The fraction of sp³-hybridized carbons (Fsp3) is 0.300. The van der Waals surface area contributed by atoms with E-state index < -0.39 is 10.9 Å². The molecule has 6 nitrogen and oxygen atoms in total. The molecule has 0 saturated heterocycles. The van der Waals surface area contributed by atoms with Gasteiger partial charge in [-0.05, 0) is 13.0 Å². The summed E-state index contributed by atoms with van der Waals surface area (Å²) in [4.78, 5) is 20.4. The fourth-order valence-corrected chi connectivity index (χ4v) is 1.54. The summed E-state index contributed by atoms with van der Waals surface area (Å²) in [5.74, 6) is -0.928. The van der Waals surface area contributed by atoms with E-state index >= 15 is 0 Å². The molecule has 1 unspecified atom stereocenters. The Morgan fingerprint density at radius 3 is 2.76 bits per heavy atom. The number of hydrogen-bond donors (Lipinski definition) is 2. The van der Waals surface area contributed by atoms with E-state index in [0.29, 0.717) is 5.69 Å². The van der Waals surface area contributed by atoms with E-state index in [1.807, 2.05) is 0 Å². The molecule has 0 heterocycles. The normalized spacial score (nSPS) is 11.9. The van der Waals surface area contributed by atoms with Gasteiger partial charge in [0.15, 0.2) is 0 Å². The maximum absolute atomic E-state index is 10.5. The second kappa shape index (κ2) is 5.49. The van der Waals surface area contributed by atoms with Gasteiger partial charge in [0.2, 0.25) is 0 Å². The number of non-ortho nitro benzene ring substituents is 1. The van der Waals surface area contributed by atoms with E-state index in [1.165, 1.54) is 18.2 Å². The van der Waals surface area contributed by atoms with Gasteiger partial charge in [-0.3, -0.25) is 14.9 Å². The monoisotopic (exact) mass is 258 g/mol. The Morgan fingerprint density at radius 2 is 2.29 bits per heavy atom. The summed E-state index contributed by atoms with van der Waals surface area (Å²) >= 11 is 5.84. The van der Waals surface area contributed by atoms with Gasteiger partial charge in [0.05, 0.1) is 22.1 Å². The molecule has 7 heteroatoms. The summed E-state index contributed by atoms with van der Waals surface area (Å²) in [6.45, 7) is 1.69. The molecule has 0 fully saturated rings. The summed E-state index contributed by atoms with van der Waals surface area (Å²) < 4.78 is 0. The Hall–Kier alpha value is -1.82. The Balaban J connectivity index is 2.79. The van der Waals surface area contributed by atoms with E-state index in [4.69, 9.17) is 16.7 Å². The Morgan fingerprint density at radius 1 is 1.65 bits per heavy atom. The van der Waals surface area contributed by atoms with E-state index in [2.05, 4.69) is 5.32 Å². The van der Waals surface area contributed by atoms with E-state index in [1.54, 1.807) is 6.92 Å². The lowest BCUT2D eigenvalue weighted by Gasteiger charge is -2.13. The van der Waals surface area contributed by atoms with Crippen LogP contribution in [-0.2, 0) is 4.79 Å². The van der Waals surface area contributed by atoms with Crippen LogP contribution in [0.15, 0.2) is 18.2 Å². The van der Waals surface area contributed by atoms with Crippen molar-refractivity contribution in [3.8, 4) is 0 Å². The van der Waals surface area contributed by atoms with Gasteiger partial charge in [0, 0.05) is 18.2 Å². The number of nitrogens with zero attached hydrogens (tertiary/aromatic N) is 1. The highest BCUT2D eigenvalue weighted by atomic mass is 35.5. The third kappa shape index (κ3) is 3.92. The molecule has 0 spiro atoms. The van der Waals surface area contributed by atoms with E-state index in [9.17, 15) is 14.9 Å². The molecule has 0 aliphatic carbocycles. The average Bonchev–Trinajstić information content (AvgIpc) is 2.19. The summed E-state index contributed by atoms with van der Waals surface area (Å²) in [5.41, 5.74) is 0.373. The highest BCUT2D eigenvalue weighted by Gasteiger charge is 2.12. The van der Waals surface area contributed by atoms with Crippen LogP contribution in [0, 0.1) is 10.1 Å². The minimum absolute atomic E-state index is 0.0622. The van der Waals surface area contributed by atoms with Crippen LogP contribution in [0.25, 0.3) is 0 Å². The molecule has 0 aliphatic rings. The highest BCUT2D eigenvalue weighted by molar-refractivity contribution is 6.33. The van der Waals surface area contributed by atoms with Gasteiger partial charge in [0.25, 0.3) is 5.69 Å². The number of halogens is 1. The number of nitrogens with one attached hydrogen (secondary N) is 1. The summed E-state index contributed by atoms with van der Waals surface area (Å²) in [6, 6.07) is 3.67. The van der Waals surface area contributed by atoms with Crippen LogP contribution in [0.5, 0.6) is 0 Å². The Kier molecular flexibility index (Phi) is 4.28. The van der Waals surface area contributed by atoms with Gasteiger partial charge in [0.1, 0.15) is 0 Å². The number of aliphatic carboxylic acids is 1.